The first-order valence-corrected chi connectivity index (χ1v) is 5.75. The first kappa shape index (κ1) is 12.1. The predicted octanol–water partition coefficient (Wildman–Crippen LogP) is 1.58. The van der Waals surface area contributed by atoms with Gasteiger partial charge < -0.3 is 0 Å². The Balaban J connectivity index is 2.58. The molecule has 0 aliphatic carbocycles. The van der Waals surface area contributed by atoms with Gasteiger partial charge in [0.2, 0.25) is 0 Å². The summed E-state index contributed by atoms with van der Waals surface area (Å²) in [5.74, 6) is 0.135. The molecule has 1 rings (SSSR count). The minimum Gasteiger partial charge on any atom is -0.294 e. The topological polar surface area (TPSA) is 31.0 Å². The minimum absolute atomic E-state index is 0.135. The smallest absolute Gasteiger partial charge is 0.172 e. The Kier molecular flexibility index (Phi) is 4.69. The number of carbonyl (C=O) groups excluding carboxylic acids is 1. The predicted molar refractivity (Wildman–Crippen MR) is 65.3 cm³/mol. The van der Waals surface area contributed by atoms with Crippen LogP contribution < -0.4 is 4.99 Å². The summed E-state index contributed by atoms with van der Waals surface area (Å²) in [6, 6.07) is 7.79. The van der Waals surface area contributed by atoms with Crippen molar-refractivity contribution >= 4 is 27.9 Å². The molecule has 0 radical (unpaired) electrons. The average Bonchev–Trinajstić information content (AvgIpc) is 2.18. The summed E-state index contributed by atoms with van der Waals surface area (Å²) in [6.07, 6.45) is 2.24. The van der Waals surface area contributed by atoms with Crippen LogP contribution >= 0.6 is 15.9 Å². The molecular formula is C12H15BrNO+. The van der Waals surface area contributed by atoms with Crippen LogP contribution in [0.1, 0.15) is 30.6 Å². The molecule has 15 heavy (non-hydrogen) atoms. The van der Waals surface area contributed by atoms with Gasteiger partial charge in [0.05, 0.1) is 6.42 Å². The van der Waals surface area contributed by atoms with Crippen molar-refractivity contribution in [2.45, 2.75) is 26.3 Å². The van der Waals surface area contributed by atoms with Gasteiger partial charge in [0, 0.05) is 10.0 Å². The molecule has 0 fully saturated rings. The number of ketones is 1. The van der Waals surface area contributed by atoms with Crippen molar-refractivity contribution in [2.24, 2.45) is 0 Å². The van der Waals surface area contributed by atoms with Crippen molar-refractivity contribution in [1.29, 1.82) is 0 Å². The van der Waals surface area contributed by atoms with Crippen LogP contribution in [0.25, 0.3) is 0 Å². The number of hydrogen-bond donors (Lipinski definition) is 1. The van der Waals surface area contributed by atoms with E-state index < -0.39 is 0 Å². The van der Waals surface area contributed by atoms with Gasteiger partial charge in [-0.1, -0.05) is 28.1 Å². The van der Waals surface area contributed by atoms with E-state index in [2.05, 4.69) is 20.9 Å². The molecule has 1 aromatic carbocycles. The molecule has 0 amide bonds. The highest BCUT2D eigenvalue weighted by atomic mass is 79.9. The maximum Gasteiger partial charge on any atom is 0.172 e. The molecule has 3 heteroatoms. The Bertz CT molecular complexity index is 354. The standard InChI is InChI=1S/C12H14BrNO/c1-9(2)14-8-7-12(15)10-3-5-11(13)6-4-10/h3-6,8-9H,7H2,1-2H3/p+1. The summed E-state index contributed by atoms with van der Waals surface area (Å²) in [5.41, 5.74) is 0.750. The van der Waals surface area contributed by atoms with Crippen molar-refractivity contribution in [3.05, 3.63) is 34.3 Å². The van der Waals surface area contributed by atoms with Crippen LogP contribution in [-0.4, -0.2) is 18.0 Å². The maximum absolute atomic E-state index is 11.7. The second kappa shape index (κ2) is 5.81. The third-order valence-corrected chi connectivity index (χ3v) is 2.43. The highest BCUT2D eigenvalue weighted by Gasteiger charge is 2.05. The second-order valence-electron chi connectivity index (χ2n) is 3.66. The van der Waals surface area contributed by atoms with Crippen LogP contribution in [-0.2, 0) is 0 Å². The van der Waals surface area contributed by atoms with Crippen LogP contribution in [0.15, 0.2) is 28.7 Å². The number of hydrogen-bond acceptors (Lipinski definition) is 1. The van der Waals surface area contributed by atoms with Gasteiger partial charge in [-0.15, -0.1) is 0 Å². The number of halogens is 1. The molecule has 0 aromatic heterocycles. The molecule has 0 atom stereocenters. The van der Waals surface area contributed by atoms with Crippen molar-refractivity contribution in [1.82, 2.24) is 0 Å². The van der Waals surface area contributed by atoms with E-state index in [0.717, 1.165) is 10.0 Å². The third kappa shape index (κ3) is 4.38. The van der Waals surface area contributed by atoms with Gasteiger partial charge in [0.25, 0.3) is 0 Å². The number of carbonyl (C=O) groups is 1. The van der Waals surface area contributed by atoms with Gasteiger partial charge >= 0.3 is 0 Å². The Morgan fingerprint density at radius 3 is 2.53 bits per heavy atom. The molecule has 0 spiro atoms. The summed E-state index contributed by atoms with van der Waals surface area (Å²) in [7, 11) is 0. The van der Waals surface area contributed by atoms with Gasteiger partial charge in [0.15, 0.2) is 5.78 Å². The molecule has 2 nitrogen and oxygen atoms in total. The molecule has 80 valence electrons. The van der Waals surface area contributed by atoms with Crippen molar-refractivity contribution in [3.63, 3.8) is 0 Å². The lowest BCUT2D eigenvalue weighted by molar-refractivity contribution is -0.489. The van der Waals surface area contributed by atoms with Crippen molar-refractivity contribution in [3.8, 4) is 0 Å². The van der Waals surface area contributed by atoms with Crippen LogP contribution in [0.2, 0.25) is 0 Å². The lowest BCUT2D eigenvalue weighted by atomic mass is 10.1. The van der Waals surface area contributed by atoms with E-state index in [1.165, 1.54) is 0 Å². The molecule has 0 aliphatic rings. The Morgan fingerprint density at radius 2 is 2.00 bits per heavy atom. The van der Waals surface area contributed by atoms with E-state index in [4.69, 9.17) is 0 Å². The fourth-order valence-corrected chi connectivity index (χ4v) is 1.41. The second-order valence-corrected chi connectivity index (χ2v) is 4.58. The van der Waals surface area contributed by atoms with Crippen LogP contribution in [0.3, 0.4) is 0 Å². The highest BCUT2D eigenvalue weighted by Crippen LogP contribution is 2.11. The first-order chi connectivity index (χ1) is 7.09. The molecule has 1 aromatic rings. The minimum atomic E-state index is 0.135. The summed E-state index contributed by atoms with van der Waals surface area (Å²) in [6.45, 7) is 4.08. The SMILES string of the molecule is CC(C)[NH+]=CCC(=O)c1ccc(Br)cc1. The molecule has 0 saturated carbocycles. The van der Waals surface area contributed by atoms with E-state index in [9.17, 15) is 4.79 Å². The molecule has 0 bridgehead atoms. The van der Waals surface area contributed by atoms with E-state index in [0.29, 0.717) is 12.5 Å². The first-order valence-electron chi connectivity index (χ1n) is 4.96. The number of nitrogens with one attached hydrogen (secondary N) is 1. The Labute approximate surface area is 98.5 Å². The van der Waals surface area contributed by atoms with E-state index in [1.54, 1.807) is 0 Å². The fraction of sp³-hybridized carbons (Fsp3) is 0.333. The Morgan fingerprint density at radius 1 is 1.40 bits per heavy atom. The summed E-state index contributed by atoms with van der Waals surface area (Å²) in [5, 5.41) is 0. The average molecular weight is 269 g/mol. The van der Waals surface area contributed by atoms with E-state index >= 15 is 0 Å². The van der Waals surface area contributed by atoms with Gasteiger partial charge in [-0.2, -0.15) is 0 Å². The highest BCUT2D eigenvalue weighted by molar-refractivity contribution is 9.10. The van der Waals surface area contributed by atoms with Gasteiger partial charge in [-0.3, -0.25) is 4.79 Å². The molecule has 0 aliphatic heterocycles. The molecule has 0 saturated heterocycles. The third-order valence-electron chi connectivity index (χ3n) is 1.90. The summed E-state index contributed by atoms with van der Waals surface area (Å²) in [4.78, 5) is 14.8. The summed E-state index contributed by atoms with van der Waals surface area (Å²) >= 11 is 3.33. The Hall–Kier alpha value is -0.960. The fourth-order valence-electron chi connectivity index (χ4n) is 1.14. The quantitative estimate of drug-likeness (QED) is 0.653. The van der Waals surface area contributed by atoms with Crippen LogP contribution in [0.4, 0.5) is 0 Å². The molecule has 0 heterocycles. The monoisotopic (exact) mass is 268 g/mol. The van der Waals surface area contributed by atoms with Gasteiger partial charge in [-0.05, 0) is 26.0 Å². The molecular weight excluding hydrogens is 254 g/mol. The molecule has 1 N–H and O–H groups in total. The summed E-state index contributed by atoms with van der Waals surface area (Å²) < 4.78 is 0.989. The molecule has 0 unspecified atom stereocenters. The lowest BCUT2D eigenvalue weighted by Crippen LogP contribution is -2.74. The zero-order valence-electron chi connectivity index (χ0n) is 8.96. The zero-order valence-corrected chi connectivity index (χ0v) is 10.5. The van der Waals surface area contributed by atoms with Gasteiger partial charge in [-0.25, -0.2) is 4.99 Å². The van der Waals surface area contributed by atoms with Gasteiger partial charge in [0.1, 0.15) is 12.3 Å². The van der Waals surface area contributed by atoms with E-state index in [-0.39, 0.29) is 5.78 Å². The van der Waals surface area contributed by atoms with Crippen LogP contribution in [0.5, 0.6) is 0 Å². The van der Waals surface area contributed by atoms with Crippen molar-refractivity contribution < 1.29 is 9.79 Å². The number of Topliss-reactive ketones (excluding diaryl/α,β-unsaturated/α-hetero) is 1. The zero-order chi connectivity index (χ0) is 11.3. The number of rotatable bonds is 4. The number of benzene rings is 1. The van der Waals surface area contributed by atoms with Crippen LogP contribution in [0, 0.1) is 0 Å². The van der Waals surface area contributed by atoms with E-state index in [1.807, 2.05) is 44.3 Å². The normalized spacial score (nSPS) is 11.2. The largest absolute Gasteiger partial charge is 0.294 e. The lowest BCUT2D eigenvalue weighted by Gasteiger charge is -1.96. The van der Waals surface area contributed by atoms with Crippen molar-refractivity contribution in [2.75, 3.05) is 0 Å². The maximum atomic E-state index is 11.7.